The number of carbonyl (C=O) groups excluding carboxylic acids is 2. The van der Waals surface area contributed by atoms with Crippen LogP contribution in [0.3, 0.4) is 0 Å². The van der Waals surface area contributed by atoms with Gasteiger partial charge in [0.15, 0.2) is 0 Å². The normalized spacial score (nSPS) is 15.7. The zero-order valence-electron chi connectivity index (χ0n) is 15.8. The van der Waals surface area contributed by atoms with Crippen molar-refractivity contribution in [1.82, 2.24) is 5.32 Å². The number of alkyl halides is 3. The molecule has 2 aromatic rings. The van der Waals surface area contributed by atoms with Crippen molar-refractivity contribution in [2.45, 2.75) is 38.0 Å². The lowest BCUT2D eigenvalue weighted by Gasteiger charge is -2.29. The van der Waals surface area contributed by atoms with Gasteiger partial charge >= 0.3 is 19.3 Å². The number of carbonyl (C=O) groups is 2. The van der Waals surface area contributed by atoms with Crippen molar-refractivity contribution in [3.8, 4) is 5.75 Å². The van der Waals surface area contributed by atoms with Crippen LogP contribution in [-0.2, 0) is 22.6 Å². The van der Waals surface area contributed by atoms with Crippen molar-refractivity contribution >= 4 is 19.0 Å². The topological polar surface area (TPSA) is 84.9 Å². The summed E-state index contributed by atoms with van der Waals surface area (Å²) >= 11 is 0. The molecular weight excluding hydrogens is 402 g/mol. The summed E-state index contributed by atoms with van der Waals surface area (Å²) in [6.07, 6.45) is -6.35. The highest BCUT2D eigenvalue weighted by molar-refractivity contribution is 6.47. The highest BCUT2D eigenvalue weighted by Crippen LogP contribution is 2.31. The van der Waals surface area contributed by atoms with E-state index < -0.39 is 44.0 Å². The molecule has 6 nitrogen and oxygen atoms in total. The molecule has 158 valence electrons. The lowest BCUT2D eigenvalue weighted by molar-refractivity contribution is -0.144. The second-order valence-electron chi connectivity index (χ2n) is 6.86. The number of rotatable bonds is 6. The molecule has 1 heterocycles. The molecule has 1 aliphatic rings. The van der Waals surface area contributed by atoms with Crippen LogP contribution in [-0.4, -0.2) is 36.1 Å². The van der Waals surface area contributed by atoms with Crippen molar-refractivity contribution in [2.75, 3.05) is 0 Å². The largest absolute Gasteiger partial charge is 0.547 e. The Kier molecular flexibility index (Phi) is 6.66. The maximum atomic E-state index is 12.5. The van der Waals surface area contributed by atoms with Crippen molar-refractivity contribution in [1.29, 1.82) is 0 Å². The van der Waals surface area contributed by atoms with Crippen molar-refractivity contribution in [2.24, 2.45) is 0 Å². The number of hydrogen-bond donors (Lipinski definition) is 2. The molecule has 0 saturated heterocycles. The Bertz CT molecular complexity index is 907. The highest BCUT2D eigenvalue weighted by atomic mass is 19.4. The van der Waals surface area contributed by atoms with Crippen LogP contribution in [0, 0.1) is 0 Å². The Balaban J connectivity index is 1.65. The van der Waals surface area contributed by atoms with Crippen molar-refractivity contribution in [3.63, 3.8) is 0 Å². The number of fused-ring (bicyclic) bond motifs is 1. The molecule has 3 rings (SSSR count). The maximum Gasteiger partial charge on any atom is 0.547 e. The van der Waals surface area contributed by atoms with E-state index in [1.807, 2.05) is 18.2 Å². The number of benzene rings is 2. The van der Waals surface area contributed by atoms with Crippen LogP contribution in [0.15, 0.2) is 48.5 Å². The smallest absolute Gasteiger partial charge is 0.534 e. The number of halogens is 3. The second kappa shape index (κ2) is 9.21. The van der Waals surface area contributed by atoms with Gasteiger partial charge in [0.2, 0.25) is 5.91 Å². The van der Waals surface area contributed by atoms with E-state index in [1.165, 1.54) is 6.07 Å². The first-order chi connectivity index (χ1) is 14.2. The fourth-order valence-corrected chi connectivity index (χ4v) is 3.04. The van der Waals surface area contributed by atoms with E-state index >= 15 is 0 Å². The van der Waals surface area contributed by atoms with Gasteiger partial charge in [-0.15, -0.1) is 0 Å². The summed E-state index contributed by atoms with van der Waals surface area (Å²) in [6.45, 7) is 0.0593. The van der Waals surface area contributed by atoms with Gasteiger partial charge in [-0.25, -0.2) is 4.79 Å². The molecule has 0 saturated carbocycles. The second-order valence-corrected chi connectivity index (χ2v) is 6.86. The lowest BCUT2D eigenvalue weighted by Crippen LogP contribution is -2.53. The van der Waals surface area contributed by atoms with Gasteiger partial charge in [0.1, 0.15) is 17.9 Å². The number of para-hydroxylation sites is 1. The molecule has 0 aliphatic carbocycles. The number of esters is 1. The van der Waals surface area contributed by atoms with Gasteiger partial charge in [-0.3, -0.25) is 4.79 Å². The summed E-state index contributed by atoms with van der Waals surface area (Å²) in [5, 5.41) is 12.5. The molecule has 0 radical (unpaired) electrons. The van der Waals surface area contributed by atoms with Gasteiger partial charge in [0.25, 0.3) is 0 Å². The maximum absolute atomic E-state index is 12.5. The van der Waals surface area contributed by atoms with Crippen LogP contribution < -0.4 is 9.97 Å². The highest BCUT2D eigenvalue weighted by Gasteiger charge is 2.38. The number of hydrogen-bond acceptors (Lipinski definition) is 5. The zero-order chi connectivity index (χ0) is 21.7. The molecule has 10 heteroatoms. The van der Waals surface area contributed by atoms with E-state index in [1.54, 1.807) is 24.3 Å². The Morgan fingerprint density at radius 1 is 1.17 bits per heavy atom. The summed E-state index contributed by atoms with van der Waals surface area (Å²) in [4.78, 5) is 24.2. The van der Waals surface area contributed by atoms with Crippen LogP contribution in [0.4, 0.5) is 13.2 Å². The quantitative estimate of drug-likeness (QED) is 0.554. The number of ether oxygens (including phenoxy) is 1. The summed E-state index contributed by atoms with van der Waals surface area (Å²) < 4.78 is 47.5. The van der Waals surface area contributed by atoms with Crippen LogP contribution in [0.1, 0.15) is 34.3 Å². The Labute approximate surface area is 171 Å². The Morgan fingerprint density at radius 2 is 1.90 bits per heavy atom. The van der Waals surface area contributed by atoms with Gasteiger partial charge in [-0.1, -0.05) is 42.5 Å². The molecule has 1 amide bonds. The molecule has 30 heavy (non-hydrogen) atoms. The molecule has 1 atom stereocenters. The van der Waals surface area contributed by atoms with Gasteiger partial charge in [-0.05, 0) is 23.6 Å². The standard InChI is InChI=1S/C20H19BF3NO5/c22-20(23,24)10-9-17(26)25-16-11-14-7-4-8-15(18(14)30-21(16)28)19(27)29-12-13-5-2-1-3-6-13/h1-8,16,28H,9-12H2,(H,25,26). The van der Waals surface area contributed by atoms with Crippen LogP contribution in [0.5, 0.6) is 5.75 Å². The van der Waals surface area contributed by atoms with Crippen LogP contribution in [0.25, 0.3) is 0 Å². The molecular formula is C20H19BF3NO5. The summed E-state index contributed by atoms with van der Waals surface area (Å²) in [7, 11) is -1.52. The Hall–Kier alpha value is -3.01. The van der Waals surface area contributed by atoms with E-state index in [-0.39, 0.29) is 24.3 Å². The predicted molar refractivity (Wildman–Crippen MR) is 102 cm³/mol. The van der Waals surface area contributed by atoms with Gasteiger partial charge < -0.3 is 19.7 Å². The third-order valence-corrected chi connectivity index (χ3v) is 4.53. The molecule has 1 unspecified atom stereocenters. The first-order valence-electron chi connectivity index (χ1n) is 9.27. The van der Waals surface area contributed by atoms with Crippen molar-refractivity contribution < 1.29 is 37.2 Å². The lowest BCUT2D eigenvalue weighted by atomic mass is 9.72. The summed E-state index contributed by atoms with van der Waals surface area (Å²) in [6, 6.07) is 13.8. The minimum absolute atomic E-state index is 0.0593. The van der Waals surface area contributed by atoms with Gasteiger partial charge in [-0.2, -0.15) is 13.2 Å². The van der Waals surface area contributed by atoms with Crippen LogP contribution >= 0.6 is 0 Å². The third kappa shape index (κ3) is 5.76. The minimum Gasteiger partial charge on any atom is -0.534 e. The van der Waals surface area contributed by atoms with E-state index in [0.717, 1.165) is 5.56 Å². The van der Waals surface area contributed by atoms with E-state index in [4.69, 9.17) is 9.39 Å². The first kappa shape index (κ1) is 21.7. The van der Waals surface area contributed by atoms with E-state index in [0.29, 0.717) is 5.56 Å². The molecule has 1 aliphatic heterocycles. The SMILES string of the molecule is O=C(CCC(F)(F)F)NC1Cc2cccc(C(=O)OCc3ccccc3)c2OB1O. The monoisotopic (exact) mass is 421 g/mol. The number of amides is 1. The third-order valence-electron chi connectivity index (χ3n) is 4.53. The van der Waals surface area contributed by atoms with Gasteiger partial charge in [0.05, 0.1) is 12.4 Å². The predicted octanol–water partition coefficient (Wildman–Crippen LogP) is 2.83. The summed E-state index contributed by atoms with van der Waals surface area (Å²) in [5.74, 6) is -2.30. The number of nitrogens with one attached hydrogen (secondary N) is 1. The summed E-state index contributed by atoms with van der Waals surface area (Å²) in [5.41, 5.74) is 1.44. The molecule has 0 aromatic heterocycles. The van der Waals surface area contributed by atoms with Gasteiger partial charge in [0, 0.05) is 6.42 Å². The minimum atomic E-state index is -4.44. The molecule has 2 aromatic carbocycles. The molecule has 0 spiro atoms. The Morgan fingerprint density at radius 3 is 2.60 bits per heavy atom. The zero-order valence-corrected chi connectivity index (χ0v) is 15.8. The average molecular weight is 421 g/mol. The molecule has 0 bridgehead atoms. The van der Waals surface area contributed by atoms with E-state index in [2.05, 4.69) is 5.32 Å². The van der Waals surface area contributed by atoms with E-state index in [9.17, 15) is 27.8 Å². The van der Waals surface area contributed by atoms with Crippen molar-refractivity contribution in [3.05, 3.63) is 65.2 Å². The molecule has 2 N–H and O–H groups in total. The fraction of sp³-hybridized carbons (Fsp3) is 0.300. The molecule has 0 fully saturated rings. The first-order valence-corrected chi connectivity index (χ1v) is 9.27. The van der Waals surface area contributed by atoms with Crippen LogP contribution in [0.2, 0.25) is 0 Å². The average Bonchev–Trinajstić information content (AvgIpc) is 2.71. The fourth-order valence-electron chi connectivity index (χ4n) is 3.04.